The van der Waals surface area contributed by atoms with E-state index in [2.05, 4.69) is 0 Å². The van der Waals surface area contributed by atoms with Gasteiger partial charge in [-0.05, 0) is 57.8 Å². The van der Waals surface area contributed by atoms with Crippen LogP contribution in [0.25, 0.3) is 22.4 Å². The van der Waals surface area contributed by atoms with Crippen molar-refractivity contribution in [3.63, 3.8) is 0 Å². The molecule has 4 nitrogen and oxygen atoms in total. The predicted octanol–water partition coefficient (Wildman–Crippen LogP) is 6.41. The average Bonchev–Trinajstić information content (AvgIpc) is 3.10. The number of rotatable bonds is 7. The maximum atomic E-state index is 13.7. The van der Waals surface area contributed by atoms with Crippen molar-refractivity contribution in [1.29, 1.82) is 0 Å². The zero-order valence-corrected chi connectivity index (χ0v) is 19.7. The number of ether oxygens (including phenoxy) is 1. The Labute approximate surface area is 197 Å². The molecule has 0 spiro atoms. The van der Waals surface area contributed by atoms with Crippen LogP contribution in [0.5, 0.6) is 5.75 Å². The van der Waals surface area contributed by atoms with Gasteiger partial charge in [0, 0.05) is 18.2 Å². The number of hydrogen-bond donors (Lipinski definition) is 0. The number of fused-ring (bicyclic) bond motifs is 1. The molecule has 1 atom stereocenters. The summed E-state index contributed by atoms with van der Waals surface area (Å²) in [5.41, 5.74) is 2.88. The molecule has 4 aromatic rings. The van der Waals surface area contributed by atoms with Crippen molar-refractivity contribution in [2.75, 3.05) is 20.6 Å². The smallest absolute Gasteiger partial charge is 0.416 e. The Balaban J connectivity index is 1.85. The topological polar surface area (TPSA) is 30.3 Å². The van der Waals surface area contributed by atoms with Crippen molar-refractivity contribution in [2.45, 2.75) is 32.7 Å². The van der Waals surface area contributed by atoms with E-state index in [1.807, 2.05) is 79.9 Å². The molecular formula is C27H28F3N3O. The van der Waals surface area contributed by atoms with Crippen LogP contribution in [-0.4, -0.2) is 41.2 Å². The van der Waals surface area contributed by atoms with Gasteiger partial charge in [-0.1, -0.05) is 42.0 Å². The fourth-order valence-electron chi connectivity index (χ4n) is 4.23. The third-order valence-electron chi connectivity index (χ3n) is 5.61. The van der Waals surface area contributed by atoms with Gasteiger partial charge in [-0.15, -0.1) is 0 Å². The average molecular weight is 468 g/mol. The molecule has 0 aliphatic heterocycles. The molecule has 0 amide bonds. The summed E-state index contributed by atoms with van der Waals surface area (Å²) in [6.45, 7) is 4.74. The molecule has 0 bridgehead atoms. The van der Waals surface area contributed by atoms with Gasteiger partial charge in [-0.25, -0.2) is 4.98 Å². The van der Waals surface area contributed by atoms with Gasteiger partial charge < -0.3 is 14.2 Å². The third kappa shape index (κ3) is 5.25. The van der Waals surface area contributed by atoms with Gasteiger partial charge in [0.1, 0.15) is 17.7 Å². The molecule has 0 radical (unpaired) electrons. The molecule has 1 heterocycles. The Morgan fingerprint density at radius 3 is 2.47 bits per heavy atom. The van der Waals surface area contributed by atoms with Crippen molar-refractivity contribution in [1.82, 2.24) is 14.5 Å². The van der Waals surface area contributed by atoms with E-state index < -0.39 is 11.7 Å². The quantitative estimate of drug-likeness (QED) is 0.315. The lowest BCUT2D eigenvalue weighted by Crippen LogP contribution is -2.27. The molecule has 4 rings (SSSR count). The lowest BCUT2D eigenvalue weighted by molar-refractivity contribution is -0.138. The SMILES string of the molecule is Cc1cccc(-c2nc3ccc(OC(C)CN(C)C)cc3n2Cc2ccccc2C(F)(F)F)c1. The van der Waals surface area contributed by atoms with Crippen molar-refractivity contribution in [3.8, 4) is 17.1 Å². The zero-order chi connectivity index (χ0) is 24.5. The van der Waals surface area contributed by atoms with E-state index in [1.165, 1.54) is 12.1 Å². The second-order valence-electron chi connectivity index (χ2n) is 8.89. The van der Waals surface area contributed by atoms with Crippen LogP contribution in [0.1, 0.15) is 23.6 Å². The van der Waals surface area contributed by atoms with Crippen LogP contribution in [0.3, 0.4) is 0 Å². The number of hydrogen-bond acceptors (Lipinski definition) is 3. The van der Waals surface area contributed by atoms with E-state index in [9.17, 15) is 13.2 Å². The van der Waals surface area contributed by atoms with Gasteiger partial charge in [0.05, 0.1) is 23.1 Å². The molecule has 0 aliphatic rings. The Bertz CT molecular complexity index is 1290. The number of aromatic nitrogens is 2. The maximum absolute atomic E-state index is 13.7. The van der Waals surface area contributed by atoms with Gasteiger partial charge in [0.25, 0.3) is 0 Å². The highest BCUT2D eigenvalue weighted by Crippen LogP contribution is 2.34. The Morgan fingerprint density at radius 2 is 1.76 bits per heavy atom. The Hall–Kier alpha value is -3.32. The first-order chi connectivity index (χ1) is 16.1. The number of nitrogens with zero attached hydrogens (tertiary/aromatic N) is 3. The number of benzene rings is 3. The Kier molecular flexibility index (Phi) is 6.66. The van der Waals surface area contributed by atoms with Gasteiger partial charge in [-0.3, -0.25) is 0 Å². The molecule has 0 saturated heterocycles. The second kappa shape index (κ2) is 9.50. The van der Waals surface area contributed by atoms with E-state index >= 15 is 0 Å². The summed E-state index contributed by atoms with van der Waals surface area (Å²) in [6, 6.07) is 19.1. The lowest BCUT2D eigenvalue weighted by atomic mass is 10.1. The fraction of sp³-hybridized carbons (Fsp3) is 0.296. The fourth-order valence-corrected chi connectivity index (χ4v) is 4.23. The monoisotopic (exact) mass is 467 g/mol. The van der Waals surface area contributed by atoms with Crippen LogP contribution in [-0.2, 0) is 12.7 Å². The van der Waals surface area contributed by atoms with E-state index in [0.29, 0.717) is 17.1 Å². The molecular weight excluding hydrogens is 439 g/mol. The van der Waals surface area contributed by atoms with E-state index in [-0.39, 0.29) is 18.2 Å². The van der Waals surface area contributed by atoms with Gasteiger partial charge in [-0.2, -0.15) is 13.2 Å². The minimum atomic E-state index is -4.44. The van der Waals surface area contributed by atoms with Crippen molar-refractivity contribution >= 4 is 11.0 Å². The largest absolute Gasteiger partial charge is 0.489 e. The number of aryl methyl sites for hydroxylation is 1. The summed E-state index contributed by atoms with van der Waals surface area (Å²) in [7, 11) is 3.95. The van der Waals surface area contributed by atoms with Gasteiger partial charge in [0.2, 0.25) is 0 Å². The van der Waals surface area contributed by atoms with E-state index in [0.717, 1.165) is 29.3 Å². The first kappa shape index (κ1) is 23.8. The molecule has 34 heavy (non-hydrogen) atoms. The first-order valence-corrected chi connectivity index (χ1v) is 11.2. The van der Waals surface area contributed by atoms with Crippen molar-refractivity contribution < 1.29 is 17.9 Å². The van der Waals surface area contributed by atoms with Crippen LogP contribution in [0.4, 0.5) is 13.2 Å². The van der Waals surface area contributed by atoms with Gasteiger partial charge >= 0.3 is 6.18 Å². The second-order valence-corrected chi connectivity index (χ2v) is 8.89. The minimum Gasteiger partial charge on any atom is -0.489 e. The van der Waals surface area contributed by atoms with Crippen LogP contribution in [0, 0.1) is 6.92 Å². The molecule has 1 unspecified atom stereocenters. The standard InChI is InChI=1S/C27H28F3N3O/c1-18-8-7-10-20(14-18)26-31-24-13-12-22(34-19(2)16-32(3)4)15-25(24)33(26)17-21-9-5-6-11-23(21)27(28,29)30/h5-15,19H,16-17H2,1-4H3. The van der Waals surface area contributed by atoms with Crippen LogP contribution in [0.15, 0.2) is 66.7 Å². The first-order valence-electron chi connectivity index (χ1n) is 11.2. The zero-order valence-electron chi connectivity index (χ0n) is 19.7. The third-order valence-corrected chi connectivity index (χ3v) is 5.61. The molecule has 0 saturated carbocycles. The van der Waals surface area contributed by atoms with Crippen molar-refractivity contribution in [2.24, 2.45) is 0 Å². The molecule has 1 aromatic heterocycles. The summed E-state index contributed by atoms with van der Waals surface area (Å²) < 4.78 is 49.1. The van der Waals surface area contributed by atoms with Crippen LogP contribution >= 0.6 is 0 Å². The maximum Gasteiger partial charge on any atom is 0.416 e. The number of likely N-dealkylation sites (N-methyl/N-ethyl adjacent to an activating group) is 1. The summed E-state index contributed by atoms with van der Waals surface area (Å²) in [5, 5.41) is 0. The van der Waals surface area contributed by atoms with Crippen LogP contribution < -0.4 is 4.74 Å². The predicted molar refractivity (Wildman–Crippen MR) is 129 cm³/mol. The molecule has 0 aliphatic carbocycles. The molecule has 0 fully saturated rings. The minimum absolute atomic E-state index is 0.0339. The number of alkyl halides is 3. The molecule has 3 aromatic carbocycles. The Morgan fingerprint density at radius 1 is 1.00 bits per heavy atom. The highest BCUT2D eigenvalue weighted by atomic mass is 19.4. The van der Waals surface area contributed by atoms with Crippen LogP contribution in [0.2, 0.25) is 0 Å². The highest BCUT2D eigenvalue weighted by Gasteiger charge is 2.33. The van der Waals surface area contributed by atoms with E-state index in [1.54, 1.807) is 6.07 Å². The highest BCUT2D eigenvalue weighted by molar-refractivity contribution is 5.82. The number of halogens is 3. The summed E-state index contributed by atoms with van der Waals surface area (Å²) in [5.74, 6) is 1.28. The molecule has 7 heteroatoms. The lowest BCUT2D eigenvalue weighted by Gasteiger charge is -2.19. The summed E-state index contributed by atoms with van der Waals surface area (Å²) >= 11 is 0. The normalized spacial score (nSPS) is 12.9. The van der Waals surface area contributed by atoms with E-state index in [4.69, 9.17) is 9.72 Å². The van der Waals surface area contributed by atoms with Gasteiger partial charge in [0.15, 0.2) is 0 Å². The van der Waals surface area contributed by atoms with Crippen molar-refractivity contribution in [3.05, 3.63) is 83.4 Å². The summed E-state index contributed by atoms with van der Waals surface area (Å²) in [4.78, 5) is 6.84. The molecule has 178 valence electrons. The molecule has 0 N–H and O–H groups in total. The number of imidazole rings is 1. The summed E-state index contributed by atoms with van der Waals surface area (Å²) in [6.07, 6.45) is -4.49.